The number of hydrogen-bond acceptors (Lipinski definition) is 5. The predicted molar refractivity (Wildman–Crippen MR) is 112 cm³/mol. The number of fused-ring (bicyclic) bond motifs is 2. The Bertz CT molecular complexity index is 1040. The Labute approximate surface area is 177 Å². The summed E-state index contributed by atoms with van der Waals surface area (Å²) in [4.78, 5) is 12.3. The van der Waals surface area contributed by atoms with Crippen molar-refractivity contribution >= 4 is 17.0 Å². The molecule has 164 valence electrons. The van der Waals surface area contributed by atoms with Crippen molar-refractivity contribution in [2.24, 2.45) is 4.99 Å². The topological polar surface area (TPSA) is 92.8 Å². The second-order valence-corrected chi connectivity index (χ2v) is 6.76. The van der Waals surface area contributed by atoms with E-state index in [1.807, 2.05) is 31.2 Å². The van der Waals surface area contributed by atoms with E-state index in [0.29, 0.717) is 42.5 Å². The van der Waals surface area contributed by atoms with Gasteiger partial charge in [-0.2, -0.15) is 8.78 Å². The van der Waals surface area contributed by atoms with Gasteiger partial charge in [0.2, 0.25) is 6.79 Å². The van der Waals surface area contributed by atoms with E-state index in [2.05, 4.69) is 30.3 Å². The number of nitrogens with one attached hydrogen (secondary N) is 3. The van der Waals surface area contributed by atoms with Crippen LogP contribution in [-0.4, -0.2) is 42.4 Å². The molecule has 1 aromatic heterocycles. The molecule has 1 aliphatic rings. The Hall–Kier alpha value is -3.56. The summed E-state index contributed by atoms with van der Waals surface area (Å²) >= 11 is 0. The highest BCUT2D eigenvalue weighted by atomic mass is 19.3. The molecule has 2 aromatic carbocycles. The maximum atomic E-state index is 12.8. The van der Waals surface area contributed by atoms with Gasteiger partial charge in [-0.1, -0.05) is 12.1 Å². The molecule has 0 radical (unpaired) electrons. The van der Waals surface area contributed by atoms with E-state index in [1.165, 1.54) is 6.07 Å². The molecule has 3 aromatic rings. The number of aliphatic imine (C=N–C) groups is 1. The van der Waals surface area contributed by atoms with Crippen LogP contribution in [0, 0.1) is 0 Å². The van der Waals surface area contributed by atoms with Crippen molar-refractivity contribution in [1.29, 1.82) is 0 Å². The molecule has 31 heavy (non-hydrogen) atoms. The number of ether oxygens (including phenoxy) is 3. The third-order valence-electron chi connectivity index (χ3n) is 4.62. The first-order valence-electron chi connectivity index (χ1n) is 9.95. The lowest BCUT2D eigenvalue weighted by molar-refractivity contribution is -0.0505. The molecule has 0 bridgehead atoms. The standard InChI is InChI=1S/C21H23F2N5O3/c1-2-24-21(25-8-7-19-27-14-5-3-4-6-15(14)28-19)26-11-13-9-17-18(30-12-29-17)10-16(13)31-20(22)23/h3-6,9-10,20H,2,7-8,11-12H2,1H3,(H,27,28)(H2,24,25,26). The summed E-state index contributed by atoms with van der Waals surface area (Å²) in [7, 11) is 0. The van der Waals surface area contributed by atoms with E-state index in [1.54, 1.807) is 6.07 Å². The number of para-hydroxylation sites is 2. The number of imidazole rings is 1. The van der Waals surface area contributed by atoms with Crippen LogP contribution < -0.4 is 24.8 Å². The van der Waals surface area contributed by atoms with Crippen LogP contribution >= 0.6 is 0 Å². The van der Waals surface area contributed by atoms with Gasteiger partial charge in [0, 0.05) is 31.1 Å². The third kappa shape index (κ3) is 5.14. The van der Waals surface area contributed by atoms with E-state index < -0.39 is 6.61 Å². The van der Waals surface area contributed by atoms with Gasteiger partial charge in [-0.25, -0.2) is 9.98 Å². The highest BCUT2D eigenvalue weighted by Gasteiger charge is 2.20. The summed E-state index contributed by atoms with van der Waals surface area (Å²) in [6, 6.07) is 10.9. The van der Waals surface area contributed by atoms with Crippen LogP contribution in [0.5, 0.6) is 17.2 Å². The van der Waals surface area contributed by atoms with Gasteiger partial charge in [-0.3, -0.25) is 0 Å². The zero-order valence-corrected chi connectivity index (χ0v) is 17.0. The Kier molecular flexibility index (Phi) is 6.34. The van der Waals surface area contributed by atoms with Crippen LogP contribution in [0.15, 0.2) is 41.4 Å². The number of alkyl halides is 2. The van der Waals surface area contributed by atoms with Gasteiger partial charge < -0.3 is 29.8 Å². The van der Waals surface area contributed by atoms with Crippen molar-refractivity contribution in [3.63, 3.8) is 0 Å². The molecule has 0 unspecified atom stereocenters. The summed E-state index contributed by atoms with van der Waals surface area (Å²) in [5, 5.41) is 6.37. The first-order chi connectivity index (χ1) is 15.1. The van der Waals surface area contributed by atoms with Gasteiger partial charge in [-0.05, 0) is 25.1 Å². The average molecular weight is 431 g/mol. The fraction of sp³-hybridized carbons (Fsp3) is 0.333. The fourth-order valence-electron chi connectivity index (χ4n) is 3.22. The predicted octanol–water partition coefficient (Wildman–Crippen LogP) is 3.19. The third-order valence-corrected chi connectivity index (χ3v) is 4.62. The van der Waals surface area contributed by atoms with Crippen LogP contribution in [0.4, 0.5) is 8.78 Å². The number of halogens is 2. The molecule has 1 aliphatic heterocycles. The summed E-state index contributed by atoms with van der Waals surface area (Å²) in [5.41, 5.74) is 2.39. The Morgan fingerprint density at radius 2 is 2.03 bits per heavy atom. The molecule has 0 fully saturated rings. The molecule has 2 heterocycles. The number of nitrogens with zero attached hydrogens (tertiary/aromatic N) is 2. The lowest BCUT2D eigenvalue weighted by Gasteiger charge is -2.13. The molecule has 4 rings (SSSR count). The molecule has 0 aliphatic carbocycles. The number of H-pyrrole nitrogens is 1. The first kappa shape index (κ1) is 20.7. The monoisotopic (exact) mass is 431 g/mol. The first-order valence-corrected chi connectivity index (χ1v) is 9.95. The molecule has 0 spiro atoms. The van der Waals surface area contributed by atoms with Crippen molar-refractivity contribution in [2.75, 3.05) is 19.9 Å². The largest absolute Gasteiger partial charge is 0.454 e. The number of aromatic nitrogens is 2. The summed E-state index contributed by atoms with van der Waals surface area (Å²) in [6.45, 7) is 0.409. The number of aromatic amines is 1. The highest BCUT2D eigenvalue weighted by Crippen LogP contribution is 2.39. The lowest BCUT2D eigenvalue weighted by atomic mass is 10.1. The minimum atomic E-state index is -2.95. The second-order valence-electron chi connectivity index (χ2n) is 6.76. The fourth-order valence-corrected chi connectivity index (χ4v) is 3.22. The maximum Gasteiger partial charge on any atom is 0.387 e. The summed E-state index contributed by atoms with van der Waals surface area (Å²) in [5.74, 6) is 2.29. The number of guanidine groups is 1. The van der Waals surface area contributed by atoms with E-state index in [9.17, 15) is 8.78 Å². The van der Waals surface area contributed by atoms with Crippen molar-refractivity contribution < 1.29 is 23.0 Å². The van der Waals surface area contributed by atoms with E-state index in [-0.39, 0.29) is 19.1 Å². The van der Waals surface area contributed by atoms with Gasteiger partial charge in [-0.15, -0.1) is 0 Å². The normalized spacial score (nSPS) is 13.1. The Morgan fingerprint density at radius 3 is 2.81 bits per heavy atom. The van der Waals surface area contributed by atoms with Crippen molar-refractivity contribution in [3.8, 4) is 17.2 Å². The van der Waals surface area contributed by atoms with Crippen molar-refractivity contribution in [2.45, 2.75) is 26.5 Å². The van der Waals surface area contributed by atoms with Gasteiger partial charge in [0.15, 0.2) is 17.5 Å². The smallest absolute Gasteiger partial charge is 0.387 e. The maximum absolute atomic E-state index is 12.8. The van der Waals surface area contributed by atoms with Crippen LogP contribution in [0.1, 0.15) is 18.3 Å². The van der Waals surface area contributed by atoms with Crippen molar-refractivity contribution in [3.05, 3.63) is 47.8 Å². The summed E-state index contributed by atoms with van der Waals surface area (Å²) < 4.78 is 40.8. The quantitative estimate of drug-likeness (QED) is 0.375. The molecular formula is C21H23F2N5O3. The van der Waals surface area contributed by atoms with Crippen LogP contribution in [0.3, 0.4) is 0 Å². The second kappa shape index (κ2) is 9.50. The SMILES string of the molecule is CCNC(=NCc1cc2c(cc1OC(F)F)OCO2)NCCc1nc2ccccc2[nH]1. The van der Waals surface area contributed by atoms with Gasteiger partial charge in [0.1, 0.15) is 11.6 Å². The average Bonchev–Trinajstić information content (AvgIpc) is 3.37. The number of rotatable bonds is 8. The molecular weight excluding hydrogens is 408 g/mol. The molecule has 0 saturated carbocycles. The highest BCUT2D eigenvalue weighted by molar-refractivity contribution is 5.80. The van der Waals surface area contributed by atoms with E-state index >= 15 is 0 Å². The minimum absolute atomic E-state index is 0.0149. The number of benzene rings is 2. The van der Waals surface area contributed by atoms with Crippen LogP contribution in [0.25, 0.3) is 11.0 Å². The van der Waals surface area contributed by atoms with Gasteiger partial charge >= 0.3 is 6.61 Å². The summed E-state index contributed by atoms with van der Waals surface area (Å²) in [6.07, 6.45) is 0.670. The minimum Gasteiger partial charge on any atom is -0.454 e. The lowest BCUT2D eigenvalue weighted by Crippen LogP contribution is -2.38. The molecule has 10 heteroatoms. The van der Waals surface area contributed by atoms with E-state index in [4.69, 9.17) is 9.47 Å². The zero-order chi connectivity index (χ0) is 21.6. The Morgan fingerprint density at radius 1 is 1.23 bits per heavy atom. The van der Waals surface area contributed by atoms with Crippen LogP contribution in [-0.2, 0) is 13.0 Å². The number of hydrogen-bond donors (Lipinski definition) is 3. The zero-order valence-electron chi connectivity index (χ0n) is 17.0. The van der Waals surface area contributed by atoms with E-state index in [0.717, 1.165) is 16.9 Å². The molecule has 0 atom stereocenters. The molecule has 0 saturated heterocycles. The van der Waals surface area contributed by atoms with Crippen LogP contribution in [0.2, 0.25) is 0 Å². The Balaban J connectivity index is 1.42. The molecule has 3 N–H and O–H groups in total. The molecule has 8 nitrogen and oxygen atoms in total. The molecule has 0 amide bonds. The van der Waals surface area contributed by atoms with Crippen molar-refractivity contribution in [1.82, 2.24) is 20.6 Å². The van der Waals surface area contributed by atoms with Gasteiger partial charge in [0.25, 0.3) is 0 Å². The van der Waals surface area contributed by atoms with Gasteiger partial charge in [0.05, 0.1) is 17.6 Å².